The van der Waals surface area contributed by atoms with E-state index in [9.17, 15) is 4.39 Å². The molecule has 152 valence electrons. The van der Waals surface area contributed by atoms with Crippen molar-refractivity contribution in [2.75, 3.05) is 6.61 Å². The summed E-state index contributed by atoms with van der Waals surface area (Å²) >= 11 is 1.46. The number of fused-ring (bicyclic) bond motifs is 1. The van der Waals surface area contributed by atoms with Crippen molar-refractivity contribution in [3.8, 4) is 11.4 Å². The van der Waals surface area contributed by atoms with E-state index in [2.05, 4.69) is 30.8 Å². The van der Waals surface area contributed by atoms with Crippen LogP contribution in [0.25, 0.3) is 22.3 Å². The molecule has 0 spiro atoms. The summed E-state index contributed by atoms with van der Waals surface area (Å²) in [6, 6.07) is 12.4. The summed E-state index contributed by atoms with van der Waals surface area (Å²) in [6.07, 6.45) is 3.74. The van der Waals surface area contributed by atoms with Crippen LogP contribution in [0.2, 0.25) is 0 Å². The van der Waals surface area contributed by atoms with Crippen LogP contribution in [0.15, 0.2) is 59.0 Å². The molecule has 1 atom stereocenters. The number of rotatable bonds is 5. The predicted molar refractivity (Wildman–Crippen MR) is 113 cm³/mol. The third-order valence-corrected chi connectivity index (χ3v) is 6.17. The van der Waals surface area contributed by atoms with E-state index in [1.54, 1.807) is 18.5 Å². The number of halogens is 1. The van der Waals surface area contributed by atoms with Crippen molar-refractivity contribution in [2.45, 2.75) is 42.6 Å². The Labute approximate surface area is 177 Å². The van der Waals surface area contributed by atoms with Gasteiger partial charge in [0, 0.05) is 17.6 Å². The number of hydrogen-bond acceptors (Lipinski definition) is 6. The van der Waals surface area contributed by atoms with Crippen LogP contribution in [-0.2, 0) is 11.3 Å². The largest absolute Gasteiger partial charge is 0.376 e. The van der Waals surface area contributed by atoms with Gasteiger partial charge in [0.25, 0.3) is 0 Å². The molecule has 0 bridgehead atoms. The number of nitrogens with zero attached hydrogens (tertiary/aromatic N) is 5. The first-order chi connectivity index (χ1) is 14.7. The molecule has 6 nitrogen and oxygen atoms in total. The first-order valence-electron chi connectivity index (χ1n) is 9.87. The molecule has 2 aromatic heterocycles. The maximum Gasteiger partial charge on any atom is 0.197 e. The van der Waals surface area contributed by atoms with Crippen LogP contribution < -0.4 is 0 Å². The van der Waals surface area contributed by atoms with Crippen molar-refractivity contribution in [3.63, 3.8) is 0 Å². The van der Waals surface area contributed by atoms with E-state index in [1.807, 2.05) is 19.1 Å². The fraction of sp³-hybridized carbons (Fsp3) is 0.273. The highest BCUT2D eigenvalue weighted by molar-refractivity contribution is 7.99. The van der Waals surface area contributed by atoms with E-state index in [0.717, 1.165) is 51.7 Å². The van der Waals surface area contributed by atoms with Gasteiger partial charge in [-0.05, 0) is 67.9 Å². The van der Waals surface area contributed by atoms with Crippen molar-refractivity contribution in [1.82, 2.24) is 24.7 Å². The monoisotopic (exact) mass is 421 g/mol. The highest BCUT2D eigenvalue weighted by Gasteiger charge is 2.23. The number of ether oxygens (including phenoxy) is 1. The SMILES string of the molecule is Cc1ccc2ncnc(Sc3nnc(-c4ccc(F)cc4)n3CC3CCCO3)c2c1. The molecule has 1 unspecified atom stereocenters. The Balaban J connectivity index is 1.56. The van der Waals surface area contributed by atoms with E-state index in [0.29, 0.717) is 12.4 Å². The predicted octanol–water partition coefficient (Wildman–Crippen LogP) is 4.67. The van der Waals surface area contributed by atoms with Gasteiger partial charge in [-0.25, -0.2) is 14.4 Å². The number of benzene rings is 2. The minimum absolute atomic E-state index is 0.115. The summed E-state index contributed by atoms with van der Waals surface area (Å²) in [5.74, 6) is 0.420. The van der Waals surface area contributed by atoms with Gasteiger partial charge in [-0.3, -0.25) is 4.57 Å². The fourth-order valence-corrected chi connectivity index (χ4v) is 4.55. The van der Waals surface area contributed by atoms with Gasteiger partial charge in [0.05, 0.1) is 18.2 Å². The van der Waals surface area contributed by atoms with Crippen molar-refractivity contribution in [1.29, 1.82) is 0 Å². The quantitative estimate of drug-likeness (QED) is 0.437. The molecule has 0 aliphatic carbocycles. The van der Waals surface area contributed by atoms with Gasteiger partial charge in [0.15, 0.2) is 11.0 Å². The highest BCUT2D eigenvalue weighted by Crippen LogP contribution is 2.33. The zero-order valence-corrected chi connectivity index (χ0v) is 17.3. The van der Waals surface area contributed by atoms with Crippen LogP contribution >= 0.6 is 11.8 Å². The molecule has 0 radical (unpaired) electrons. The lowest BCUT2D eigenvalue weighted by molar-refractivity contribution is 0.0953. The summed E-state index contributed by atoms with van der Waals surface area (Å²) in [4.78, 5) is 8.87. The lowest BCUT2D eigenvalue weighted by atomic mass is 10.2. The van der Waals surface area contributed by atoms with E-state index in [4.69, 9.17) is 4.74 Å². The van der Waals surface area contributed by atoms with Gasteiger partial charge in [-0.15, -0.1) is 10.2 Å². The van der Waals surface area contributed by atoms with Crippen molar-refractivity contribution in [3.05, 3.63) is 60.2 Å². The van der Waals surface area contributed by atoms with Crippen molar-refractivity contribution < 1.29 is 9.13 Å². The molecule has 1 aliphatic heterocycles. The molecule has 0 amide bonds. The smallest absolute Gasteiger partial charge is 0.197 e. The Kier molecular flexibility index (Phi) is 5.18. The molecule has 3 heterocycles. The summed E-state index contributed by atoms with van der Waals surface area (Å²) < 4.78 is 21.3. The zero-order valence-electron chi connectivity index (χ0n) is 16.5. The second kappa shape index (κ2) is 8.12. The second-order valence-electron chi connectivity index (χ2n) is 7.36. The van der Waals surface area contributed by atoms with Crippen molar-refractivity contribution >= 4 is 22.7 Å². The summed E-state index contributed by atoms with van der Waals surface area (Å²) in [5, 5.41) is 11.4. The summed E-state index contributed by atoms with van der Waals surface area (Å²) in [5.41, 5.74) is 2.85. The average molecular weight is 422 g/mol. The van der Waals surface area contributed by atoms with Gasteiger partial charge in [0.1, 0.15) is 17.2 Å². The van der Waals surface area contributed by atoms with E-state index in [1.165, 1.54) is 23.9 Å². The molecule has 0 saturated carbocycles. The van der Waals surface area contributed by atoms with Crippen LogP contribution in [0.1, 0.15) is 18.4 Å². The Morgan fingerprint density at radius 1 is 1.13 bits per heavy atom. The van der Waals surface area contributed by atoms with E-state index >= 15 is 0 Å². The summed E-state index contributed by atoms with van der Waals surface area (Å²) in [7, 11) is 0. The van der Waals surface area contributed by atoms with Crippen molar-refractivity contribution in [2.24, 2.45) is 0 Å². The molecule has 5 rings (SSSR count). The average Bonchev–Trinajstić information content (AvgIpc) is 3.40. The standard InChI is InChI=1S/C22H20FN5OS/c1-14-4-9-19-18(11-14)21(25-13-24-19)30-22-27-26-20(15-5-7-16(23)8-6-15)28(22)12-17-3-2-10-29-17/h4-9,11,13,17H,2-3,10,12H2,1H3. The molecule has 1 aliphatic rings. The molecule has 0 N–H and O–H groups in total. The van der Waals surface area contributed by atoms with Gasteiger partial charge in [-0.1, -0.05) is 11.6 Å². The van der Waals surface area contributed by atoms with Gasteiger partial charge >= 0.3 is 0 Å². The second-order valence-corrected chi connectivity index (χ2v) is 8.32. The van der Waals surface area contributed by atoms with Crippen LogP contribution in [0.3, 0.4) is 0 Å². The first-order valence-corrected chi connectivity index (χ1v) is 10.7. The number of aromatic nitrogens is 5. The minimum atomic E-state index is -0.277. The lowest BCUT2D eigenvalue weighted by Crippen LogP contribution is -2.16. The van der Waals surface area contributed by atoms with Crippen LogP contribution in [0.4, 0.5) is 4.39 Å². The van der Waals surface area contributed by atoms with Crippen LogP contribution in [0.5, 0.6) is 0 Å². The number of aryl methyl sites for hydroxylation is 1. The molecule has 1 fully saturated rings. The molecule has 4 aromatic rings. The Morgan fingerprint density at radius 2 is 2.00 bits per heavy atom. The maximum atomic E-state index is 13.4. The fourth-order valence-electron chi connectivity index (χ4n) is 3.65. The number of hydrogen-bond donors (Lipinski definition) is 0. The normalized spacial score (nSPS) is 16.4. The highest BCUT2D eigenvalue weighted by atomic mass is 32.2. The maximum absolute atomic E-state index is 13.4. The Morgan fingerprint density at radius 3 is 2.80 bits per heavy atom. The molecule has 2 aromatic carbocycles. The molecule has 30 heavy (non-hydrogen) atoms. The van der Waals surface area contributed by atoms with Gasteiger partial charge in [0.2, 0.25) is 0 Å². The Bertz CT molecular complexity index is 1190. The van der Waals surface area contributed by atoms with Crippen LogP contribution in [0, 0.1) is 12.7 Å². The third-order valence-electron chi connectivity index (χ3n) is 5.17. The Hall–Kier alpha value is -2.84. The van der Waals surface area contributed by atoms with Crippen LogP contribution in [-0.4, -0.2) is 37.4 Å². The minimum Gasteiger partial charge on any atom is -0.376 e. The first kappa shape index (κ1) is 19.1. The molecule has 1 saturated heterocycles. The van der Waals surface area contributed by atoms with E-state index < -0.39 is 0 Å². The van der Waals surface area contributed by atoms with Gasteiger partial charge in [-0.2, -0.15) is 0 Å². The molecular formula is C22H20FN5OS. The zero-order chi connectivity index (χ0) is 20.5. The lowest BCUT2D eigenvalue weighted by Gasteiger charge is -2.15. The molecule has 8 heteroatoms. The van der Waals surface area contributed by atoms with E-state index in [-0.39, 0.29) is 11.9 Å². The topological polar surface area (TPSA) is 65.7 Å². The van der Waals surface area contributed by atoms with Gasteiger partial charge < -0.3 is 4.74 Å². The third kappa shape index (κ3) is 3.80. The summed E-state index contributed by atoms with van der Waals surface area (Å²) in [6.45, 7) is 3.47. The molecular weight excluding hydrogens is 401 g/mol.